The minimum Gasteiger partial charge on any atom is -0.451 e. The van der Waals surface area contributed by atoms with Crippen LogP contribution in [-0.2, 0) is 20.7 Å². The number of esters is 1. The van der Waals surface area contributed by atoms with Gasteiger partial charge in [0.15, 0.2) is 6.10 Å². The molecule has 7 heteroatoms. The lowest BCUT2D eigenvalue weighted by atomic mass is 10.2. The largest absolute Gasteiger partial charge is 0.451 e. The van der Waals surface area contributed by atoms with Gasteiger partial charge < -0.3 is 14.5 Å². The van der Waals surface area contributed by atoms with Crippen molar-refractivity contribution in [3.63, 3.8) is 0 Å². The Morgan fingerprint density at radius 2 is 1.96 bits per heavy atom. The van der Waals surface area contributed by atoms with Crippen molar-refractivity contribution in [2.24, 2.45) is 0 Å². The van der Waals surface area contributed by atoms with E-state index < -0.39 is 12.1 Å². The highest BCUT2D eigenvalue weighted by molar-refractivity contribution is 5.99. The van der Waals surface area contributed by atoms with Crippen LogP contribution in [0.15, 0.2) is 42.7 Å². The van der Waals surface area contributed by atoms with Crippen molar-refractivity contribution < 1.29 is 14.3 Å². The van der Waals surface area contributed by atoms with Crippen molar-refractivity contribution in [3.05, 3.63) is 48.3 Å². The number of para-hydroxylation sites is 1. The number of hydrogen-bond acceptors (Lipinski definition) is 6. The van der Waals surface area contributed by atoms with E-state index in [0.29, 0.717) is 12.5 Å². The van der Waals surface area contributed by atoms with E-state index in [1.165, 1.54) is 0 Å². The Morgan fingerprint density at radius 3 is 2.72 bits per heavy atom. The van der Waals surface area contributed by atoms with Gasteiger partial charge in [0.2, 0.25) is 5.95 Å². The zero-order valence-electron chi connectivity index (χ0n) is 14.3. The molecule has 0 saturated heterocycles. The minimum absolute atomic E-state index is 0.0295. The lowest BCUT2D eigenvalue weighted by Crippen LogP contribution is -2.40. The Labute approximate surface area is 146 Å². The van der Waals surface area contributed by atoms with E-state index >= 15 is 0 Å². The molecule has 0 N–H and O–H groups in total. The number of ether oxygens (including phenoxy) is 1. The molecule has 1 aromatic heterocycles. The van der Waals surface area contributed by atoms with Gasteiger partial charge in [0.05, 0.1) is 0 Å². The first-order valence-corrected chi connectivity index (χ1v) is 8.13. The van der Waals surface area contributed by atoms with E-state index in [9.17, 15) is 9.59 Å². The summed E-state index contributed by atoms with van der Waals surface area (Å²) in [7, 11) is 1.69. The second-order valence-corrected chi connectivity index (χ2v) is 5.91. The van der Waals surface area contributed by atoms with Crippen LogP contribution in [0, 0.1) is 0 Å². The van der Waals surface area contributed by atoms with Crippen LogP contribution in [0.1, 0.15) is 12.5 Å². The second-order valence-electron chi connectivity index (χ2n) is 5.91. The van der Waals surface area contributed by atoms with E-state index in [1.807, 2.05) is 24.3 Å². The average Bonchev–Trinajstić information content (AvgIpc) is 3.05. The molecule has 1 aliphatic heterocycles. The van der Waals surface area contributed by atoms with Gasteiger partial charge in [-0.15, -0.1) is 0 Å². The minimum atomic E-state index is -0.844. The number of anilines is 2. The second kappa shape index (κ2) is 7.29. The maximum absolute atomic E-state index is 12.6. The highest BCUT2D eigenvalue weighted by atomic mass is 16.5. The topological polar surface area (TPSA) is 75.6 Å². The summed E-state index contributed by atoms with van der Waals surface area (Å²) in [6.07, 6.45) is 3.17. The summed E-state index contributed by atoms with van der Waals surface area (Å²) < 4.78 is 5.30. The normalized spacial score (nSPS) is 13.9. The zero-order valence-corrected chi connectivity index (χ0v) is 14.3. The summed E-state index contributed by atoms with van der Waals surface area (Å²) in [6, 6.07) is 9.47. The average molecular weight is 340 g/mol. The van der Waals surface area contributed by atoms with E-state index in [2.05, 4.69) is 9.97 Å². The Balaban J connectivity index is 1.58. The predicted octanol–water partition coefficient (Wildman–Crippen LogP) is 1.43. The van der Waals surface area contributed by atoms with Gasteiger partial charge in [0.1, 0.15) is 6.54 Å². The van der Waals surface area contributed by atoms with Gasteiger partial charge in [-0.2, -0.15) is 0 Å². The predicted molar refractivity (Wildman–Crippen MR) is 93.4 cm³/mol. The number of aromatic nitrogens is 2. The van der Waals surface area contributed by atoms with Gasteiger partial charge in [-0.05, 0) is 31.0 Å². The molecular weight excluding hydrogens is 320 g/mol. The van der Waals surface area contributed by atoms with Crippen molar-refractivity contribution in [1.82, 2.24) is 9.97 Å². The fourth-order valence-electron chi connectivity index (χ4n) is 2.82. The SMILES string of the molecule is CC(OC(=O)CN(C)c1ncccn1)C(=O)N1CCc2ccccc21. The molecule has 0 saturated carbocycles. The van der Waals surface area contributed by atoms with Crippen LogP contribution in [-0.4, -0.2) is 48.1 Å². The Kier molecular flexibility index (Phi) is 4.92. The van der Waals surface area contributed by atoms with E-state index in [-0.39, 0.29) is 12.5 Å². The molecule has 3 rings (SSSR count). The molecule has 2 heterocycles. The number of nitrogens with zero attached hydrogens (tertiary/aromatic N) is 4. The summed E-state index contributed by atoms with van der Waals surface area (Å²) >= 11 is 0. The van der Waals surface area contributed by atoms with Gasteiger partial charge in [0, 0.05) is 31.7 Å². The Hall–Kier alpha value is -2.96. The van der Waals surface area contributed by atoms with Crippen LogP contribution in [0.2, 0.25) is 0 Å². The third-order valence-electron chi connectivity index (χ3n) is 4.07. The maximum Gasteiger partial charge on any atom is 0.326 e. The summed E-state index contributed by atoms with van der Waals surface area (Å²) in [5.74, 6) is -0.285. The highest BCUT2D eigenvalue weighted by Crippen LogP contribution is 2.28. The van der Waals surface area contributed by atoms with Crippen molar-refractivity contribution in [2.45, 2.75) is 19.4 Å². The van der Waals surface area contributed by atoms with Crippen molar-refractivity contribution in [2.75, 3.05) is 29.9 Å². The molecule has 1 aromatic carbocycles. The third-order valence-corrected chi connectivity index (χ3v) is 4.07. The Bertz CT molecular complexity index is 766. The fraction of sp³-hybridized carbons (Fsp3) is 0.333. The first kappa shape index (κ1) is 16.9. The number of carbonyl (C=O) groups excluding carboxylic acids is 2. The summed E-state index contributed by atoms with van der Waals surface area (Å²) in [4.78, 5) is 36.1. The monoisotopic (exact) mass is 340 g/mol. The van der Waals surface area contributed by atoms with Gasteiger partial charge >= 0.3 is 5.97 Å². The summed E-state index contributed by atoms with van der Waals surface area (Å²) in [6.45, 7) is 2.18. The van der Waals surface area contributed by atoms with Crippen LogP contribution >= 0.6 is 0 Å². The lowest BCUT2D eigenvalue weighted by Gasteiger charge is -2.22. The van der Waals surface area contributed by atoms with Gasteiger partial charge in [-0.3, -0.25) is 9.59 Å². The van der Waals surface area contributed by atoms with Crippen molar-refractivity contribution in [1.29, 1.82) is 0 Å². The van der Waals surface area contributed by atoms with Gasteiger partial charge in [-0.25, -0.2) is 9.97 Å². The number of likely N-dealkylation sites (N-methyl/N-ethyl adjacent to an activating group) is 1. The van der Waals surface area contributed by atoms with Gasteiger partial charge in [0.25, 0.3) is 5.91 Å². The lowest BCUT2D eigenvalue weighted by molar-refractivity contribution is -0.152. The number of fused-ring (bicyclic) bond motifs is 1. The fourth-order valence-corrected chi connectivity index (χ4v) is 2.82. The third kappa shape index (κ3) is 3.76. The molecule has 1 unspecified atom stereocenters. The van der Waals surface area contributed by atoms with E-state index in [0.717, 1.165) is 17.7 Å². The van der Waals surface area contributed by atoms with E-state index in [1.54, 1.807) is 42.2 Å². The molecule has 0 spiro atoms. The van der Waals surface area contributed by atoms with Crippen molar-refractivity contribution >= 4 is 23.5 Å². The summed E-state index contributed by atoms with van der Waals surface area (Å²) in [5, 5.41) is 0. The molecule has 7 nitrogen and oxygen atoms in total. The van der Waals surface area contributed by atoms with Crippen LogP contribution in [0.25, 0.3) is 0 Å². The molecule has 25 heavy (non-hydrogen) atoms. The zero-order chi connectivity index (χ0) is 17.8. The molecule has 0 bridgehead atoms. The molecule has 0 fully saturated rings. The maximum atomic E-state index is 12.6. The number of benzene rings is 1. The summed E-state index contributed by atoms with van der Waals surface area (Å²) in [5.41, 5.74) is 2.03. The molecule has 2 aromatic rings. The van der Waals surface area contributed by atoms with E-state index in [4.69, 9.17) is 4.74 Å². The number of amides is 1. The van der Waals surface area contributed by atoms with Crippen LogP contribution < -0.4 is 9.80 Å². The number of carbonyl (C=O) groups is 2. The van der Waals surface area contributed by atoms with Crippen LogP contribution in [0.4, 0.5) is 11.6 Å². The molecular formula is C18H20N4O3. The van der Waals surface area contributed by atoms with Gasteiger partial charge in [-0.1, -0.05) is 18.2 Å². The molecule has 0 aliphatic carbocycles. The molecule has 1 atom stereocenters. The first-order valence-electron chi connectivity index (χ1n) is 8.13. The number of rotatable bonds is 5. The Morgan fingerprint density at radius 1 is 1.24 bits per heavy atom. The molecule has 1 amide bonds. The standard InChI is InChI=1S/C18H20N4O3/c1-13(17(24)22-11-8-14-6-3-4-7-15(14)22)25-16(23)12-21(2)18-19-9-5-10-20-18/h3-7,9-10,13H,8,11-12H2,1-2H3. The molecule has 130 valence electrons. The van der Waals surface area contributed by atoms with Crippen LogP contribution in [0.3, 0.4) is 0 Å². The van der Waals surface area contributed by atoms with Crippen LogP contribution in [0.5, 0.6) is 0 Å². The highest BCUT2D eigenvalue weighted by Gasteiger charge is 2.29. The van der Waals surface area contributed by atoms with Crippen molar-refractivity contribution in [3.8, 4) is 0 Å². The first-order chi connectivity index (χ1) is 12.1. The number of hydrogen-bond donors (Lipinski definition) is 0. The quantitative estimate of drug-likeness (QED) is 0.767. The molecule has 1 aliphatic rings. The smallest absolute Gasteiger partial charge is 0.326 e. The molecule has 0 radical (unpaired) electrons.